The first kappa shape index (κ1) is 20.6. The van der Waals surface area contributed by atoms with Gasteiger partial charge in [0, 0.05) is 50.7 Å². The van der Waals surface area contributed by atoms with Crippen molar-refractivity contribution in [3.8, 4) is 0 Å². The lowest BCUT2D eigenvalue weighted by Crippen LogP contribution is -2.61. The number of nitrogens with zero attached hydrogens (tertiary/aromatic N) is 5. The molecule has 5 rings (SSSR count). The zero-order valence-electron chi connectivity index (χ0n) is 18.0. The number of halogens is 2. The van der Waals surface area contributed by atoms with E-state index in [1.165, 1.54) is 11.1 Å². The molecule has 0 saturated carbocycles. The molecule has 0 radical (unpaired) electrons. The first-order valence-corrected chi connectivity index (χ1v) is 11.2. The molecule has 0 aliphatic carbocycles. The van der Waals surface area contributed by atoms with Gasteiger partial charge in [0.05, 0.1) is 6.54 Å². The van der Waals surface area contributed by atoms with E-state index in [1.54, 1.807) is 0 Å². The van der Waals surface area contributed by atoms with Gasteiger partial charge in [0.1, 0.15) is 0 Å². The van der Waals surface area contributed by atoms with Crippen LogP contribution in [0, 0.1) is 6.92 Å². The number of alkyl halides is 2. The lowest BCUT2D eigenvalue weighted by molar-refractivity contribution is 0.00131. The summed E-state index contributed by atoms with van der Waals surface area (Å²) in [6, 6.07) is 9.22. The molecule has 4 heterocycles. The van der Waals surface area contributed by atoms with Gasteiger partial charge < -0.3 is 10.6 Å². The summed E-state index contributed by atoms with van der Waals surface area (Å²) in [5.74, 6) is -1.59. The van der Waals surface area contributed by atoms with E-state index in [1.807, 2.05) is 4.90 Å². The number of H-pyrrole nitrogens is 1. The number of nitrogens with one attached hydrogen (secondary N) is 1. The molecular weight excluding hydrogens is 400 g/mol. The van der Waals surface area contributed by atoms with Crippen molar-refractivity contribution in [1.29, 1.82) is 0 Å². The van der Waals surface area contributed by atoms with E-state index in [-0.39, 0.29) is 25.0 Å². The number of nitrogens with two attached hydrogens (primary N) is 1. The van der Waals surface area contributed by atoms with Gasteiger partial charge in [0.25, 0.3) is 5.92 Å². The van der Waals surface area contributed by atoms with Crippen LogP contribution in [-0.4, -0.2) is 81.8 Å². The van der Waals surface area contributed by atoms with Gasteiger partial charge in [-0.05, 0) is 31.7 Å². The molecule has 3 aliphatic heterocycles. The van der Waals surface area contributed by atoms with Crippen molar-refractivity contribution in [2.45, 2.75) is 56.7 Å². The lowest BCUT2D eigenvalue weighted by Gasteiger charge is -2.49. The van der Waals surface area contributed by atoms with E-state index in [2.05, 4.69) is 56.2 Å². The minimum Gasteiger partial charge on any atom is -0.368 e. The maximum atomic E-state index is 14.2. The molecule has 1 aromatic carbocycles. The molecule has 3 aliphatic rings. The number of fused-ring (bicyclic) bond motifs is 1. The van der Waals surface area contributed by atoms with Crippen molar-refractivity contribution < 1.29 is 8.78 Å². The molecule has 2 aromatic rings. The van der Waals surface area contributed by atoms with Crippen LogP contribution in [0.5, 0.6) is 0 Å². The predicted octanol–water partition coefficient (Wildman–Crippen LogP) is 2.30. The van der Waals surface area contributed by atoms with Gasteiger partial charge in [0.15, 0.2) is 0 Å². The number of aromatic amines is 1. The lowest BCUT2D eigenvalue weighted by atomic mass is 9.94. The Hall–Kier alpha value is -2.26. The summed E-state index contributed by atoms with van der Waals surface area (Å²) in [4.78, 5) is 11.0. The Morgan fingerprint density at radius 1 is 1.13 bits per heavy atom. The molecule has 0 unspecified atom stereocenters. The topological polar surface area (TPSA) is 77.3 Å². The van der Waals surface area contributed by atoms with Gasteiger partial charge in [-0.1, -0.05) is 29.8 Å². The number of aryl methyl sites for hydroxylation is 1. The van der Waals surface area contributed by atoms with Gasteiger partial charge in [0.2, 0.25) is 11.9 Å². The van der Waals surface area contributed by atoms with E-state index in [4.69, 9.17) is 5.73 Å². The second-order valence-corrected chi connectivity index (χ2v) is 9.42. The largest absolute Gasteiger partial charge is 0.368 e. The number of piperidine rings is 1. The molecule has 7 nitrogen and oxygen atoms in total. The minimum atomic E-state index is -2.57. The van der Waals surface area contributed by atoms with Crippen LogP contribution in [0.25, 0.3) is 0 Å². The second-order valence-electron chi connectivity index (χ2n) is 9.42. The zero-order valence-corrected chi connectivity index (χ0v) is 18.0. The summed E-state index contributed by atoms with van der Waals surface area (Å²) in [6.45, 7) is 5.13. The predicted molar refractivity (Wildman–Crippen MR) is 116 cm³/mol. The van der Waals surface area contributed by atoms with Crippen LogP contribution < -0.4 is 10.6 Å². The van der Waals surface area contributed by atoms with E-state index in [9.17, 15) is 8.78 Å². The van der Waals surface area contributed by atoms with Gasteiger partial charge in [-0.25, -0.2) is 13.9 Å². The number of aromatic nitrogens is 3. The summed E-state index contributed by atoms with van der Waals surface area (Å²) in [6.07, 6.45) is 2.83. The van der Waals surface area contributed by atoms with Crippen molar-refractivity contribution in [2.24, 2.45) is 0 Å². The first-order chi connectivity index (χ1) is 14.9. The van der Waals surface area contributed by atoms with Crippen molar-refractivity contribution in [2.75, 3.05) is 43.4 Å². The summed E-state index contributed by atoms with van der Waals surface area (Å²) in [7, 11) is 0. The third-order valence-corrected chi connectivity index (χ3v) is 7.12. The Balaban J connectivity index is 1.31. The molecule has 2 atom stereocenters. The SMILES string of the molecule is Cc1ccc(C[C@H]2CN3CC(F)(F)C[C@H]3CN2C2CCN(c3n[nH]c(N)n3)CC2)cc1. The van der Waals surface area contributed by atoms with Gasteiger partial charge in [-0.15, -0.1) is 5.10 Å². The fourth-order valence-electron chi connectivity index (χ4n) is 5.56. The van der Waals surface area contributed by atoms with Crippen molar-refractivity contribution >= 4 is 11.9 Å². The Morgan fingerprint density at radius 2 is 1.87 bits per heavy atom. The maximum Gasteiger partial charge on any atom is 0.262 e. The Labute approximate surface area is 181 Å². The molecule has 168 valence electrons. The van der Waals surface area contributed by atoms with Crippen molar-refractivity contribution in [1.82, 2.24) is 25.0 Å². The first-order valence-electron chi connectivity index (χ1n) is 11.2. The highest BCUT2D eigenvalue weighted by atomic mass is 19.3. The molecule has 0 bridgehead atoms. The fraction of sp³-hybridized carbons (Fsp3) is 0.636. The molecule has 3 saturated heterocycles. The Bertz CT molecular complexity index is 892. The highest BCUT2D eigenvalue weighted by Crippen LogP contribution is 2.37. The van der Waals surface area contributed by atoms with Crippen LogP contribution in [0.1, 0.15) is 30.4 Å². The van der Waals surface area contributed by atoms with Crippen molar-refractivity contribution in [3.05, 3.63) is 35.4 Å². The Morgan fingerprint density at radius 3 is 2.55 bits per heavy atom. The summed E-state index contributed by atoms with van der Waals surface area (Å²) >= 11 is 0. The molecule has 0 spiro atoms. The van der Waals surface area contributed by atoms with E-state index < -0.39 is 5.92 Å². The minimum absolute atomic E-state index is 0.0178. The van der Waals surface area contributed by atoms with Crippen LogP contribution in [0.15, 0.2) is 24.3 Å². The Kier molecular flexibility index (Phi) is 5.34. The smallest absolute Gasteiger partial charge is 0.262 e. The van der Waals surface area contributed by atoms with Crippen LogP contribution >= 0.6 is 0 Å². The maximum absolute atomic E-state index is 14.2. The molecule has 1 aromatic heterocycles. The highest BCUT2D eigenvalue weighted by Gasteiger charge is 2.49. The number of rotatable bonds is 4. The third-order valence-electron chi connectivity index (χ3n) is 7.12. The third kappa shape index (κ3) is 4.39. The average Bonchev–Trinajstić information content (AvgIpc) is 3.30. The molecule has 3 N–H and O–H groups in total. The number of nitrogen functional groups attached to an aromatic ring is 1. The zero-order chi connectivity index (χ0) is 21.6. The van der Waals surface area contributed by atoms with Crippen LogP contribution in [0.4, 0.5) is 20.7 Å². The highest BCUT2D eigenvalue weighted by molar-refractivity contribution is 5.34. The van der Waals surface area contributed by atoms with Crippen LogP contribution in [0.2, 0.25) is 0 Å². The summed E-state index contributed by atoms with van der Waals surface area (Å²) in [5, 5.41) is 6.88. The number of piperazine rings is 1. The molecule has 9 heteroatoms. The van der Waals surface area contributed by atoms with E-state index in [0.29, 0.717) is 24.5 Å². The van der Waals surface area contributed by atoms with Gasteiger partial charge >= 0.3 is 0 Å². The fourth-order valence-corrected chi connectivity index (χ4v) is 5.56. The van der Waals surface area contributed by atoms with Crippen LogP contribution in [0.3, 0.4) is 0 Å². The second kappa shape index (κ2) is 8.02. The number of anilines is 2. The van der Waals surface area contributed by atoms with Crippen LogP contribution in [-0.2, 0) is 6.42 Å². The molecule has 31 heavy (non-hydrogen) atoms. The quantitative estimate of drug-likeness (QED) is 0.774. The van der Waals surface area contributed by atoms with E-state index in [0.717, 1.165) is 38.9 Å². The molecule has 3 fully saturated rings. The average molecular weight is 432 g/mol. The van der Waals surface area contributed by atoms with Gasteiger partial charge in [-0.2, -0.15) is 4.98 Å². The standard InChI is InChI=1S/C22H31F2N7/c1-15-2-4-16(5-3-15)10-18-12-30-14-22(23,24)11-19(30)13-31(18)17-6-8-29(9-7-17)21-26-20(25)27-28-21/h2-5,17-19H,6-14H2,1H3,(H3,25,26,27,28)/t18-,19-/m0/s1. The number of hydrogen-bond acceptors (Lipinski definition) is 6. The molecular formula is C22H31F2N7. The van der Waals surface area contributed by atoms with Crippen molar-refractivity contribution in [3.63, 3.8) is 0 Å². The van der Waals surface area contributed by atoms with E-state index >= 15 is 0 Å². The monoisotopic (exact) mass is 431 g/mol. The number of benzene rings is 1. The normalized spacial score (nSPS) is 27.5. The number of hydrogen-bond donors (Lipinski definition) is 2. The summed E-state index contributed by atoms with van der Waals surface area (Å²) < 4.78 is 28.3. The molecule has 0 amide bonds. The summed E-state index contributed by atoms with van der Waals surface area (Å²) in [5.41, 5.74) is 8.19. The van der Waals surface area contributed by atoms with Gasteiger partial charge in [-0.3, -0.25) is 9.80 Å².